The highest BCUT2D eigenvalue weighted by atomic mass is 16.7. The summed E-state index contributed by atoms with van der Waals surface area (Å²) in [4.78, 5) is 11.1. The van der Waals surface area contributed by atoms with Crippen LogP contribution in [-0.4, -0.2) is 43.8 Å². The predicted octanol–water partition coefficient (Wildman–Crippen LogP) is 3.67. The number of fused-ring (bicyclic) bond motifs is 2. The van der Waals surface area contributed by atoms with Gasteiger partial charge in [0.25, 0.3) is 0 Å². The maximum absolute atomic E-state index is 11.1. The van der Waals surface area contributed by atoms with Crippen molar-refractivity contribution >= 4 is 5.97 Å². The van der Waals surface area contributed by atoms with E-state index in [-0.39, 0.29) is 36.3 Å². The van der Waals surface area contributed by atoms with Gasteiger partial charge in [-0.15, -0.1) is 0 Å². The quantitative estimate of drug-likeness (QED) is 0.581. The Bertz CT molecular complexity index is 788. The fraction of sp³-hybridized carbons (Fsp3) is 0.792. The largest absolute Gasteiger partial charge is 0.469 e. The number of hydrogen-bond donors (Lipinski definition) is 1. The molecule has 0 spiro atoms. The summed E-state index contributed by atoms with van der Waals surface area (Å²) in [6.45, 7) is 5.06. The highest BCUT2D eigenvalue weighted by Gasteiger charge is 2.67. The maximum Gasteiger partial charge on any atom is 0.302 e. The Morgan fingerprint density at radius 1 is 1.30 bits per heavy atom. The van der Waals surface area contributed by atoms with E-state index in [9.17, 15) is 9.90 Å². The molecule has 0 aromatic carbocycles. The fourth-order valence-electron chi connectivity index (χ4n) is 7.74. The molecular formula is C24H34O6. The van der Waals surface area contributed by atoms with Gasteiger partial charge < -0.3 is 23.7 Å². The van der Waals surface area contributed by atoms with Gasteiger partial charge in [-0.2, -0.15) is 0 Å². The van der Waals surface area contributed by atoms with Crippen molar-refractivity contribution in [2.24, 2.45) is 28.6 Å². The molecule has 6 nitrogen and oxygen atoms in total. The molecule has 30 heavy (non-hydrogen) atoms. The first-order chi connectivity index (χ1) is 14.5. The van der Waals surface area contributed by atoms with Crippen LogP contribution in [-0.2, 0) is 25.4 Å². The van der Waals surface area contributed by atoms with Crippen molar-refractivity contribution < 1.29 is 28.5 Å². The Balaban J connectivity index is 1.50. The number of rotatable bonds is 5. The van der Waals surface area contributed by atoms with E-state index in [1.165, 1.54) is 18.9 Å². The smallest absolute Gasteiger partial charge is 0.302 e. The van der Waals surface area contributed by atoms with Gasteiger partial charge in [-0.3, -0.25) is 4.79 Å². The molecule has 1 aromatic rings. The zero-order valence-electron chi connectivity index (χ0n) is 18.1. The average Bonchev–Trinajstić information content (AvgIpc) is 3.21. The molecule has 0 amide bonds. The van der Waals surface area contributed by atoms with Gasteiger partial charge in [0.15, 0.2) is 6.29 Å². The normalized spacial score (nSPS) is 42.0. The van der Waals surface area contributed by atoms with Crippen LogP contribution < -0.4 is 0 Å². The third-order valence-electron chi connectivity index (χ3n) is 8.92. The van der Waals surface area contributed by atoms with Crippen LogP contribution in [0.3, 0.4) is 0 Å². The van der Waals surface area contributed by atoms with Crippen molar-refractivity contribution in [2.45, 2.75) is 64.6 Å². The minimum atomic E-state index is -0.324. The minimum Gasteiger partial charge on any atom is -0.469 e. The van der Waals surface area contributed by atoms with E-state index in [4.69, 9.17) is 18.6 Å². The van der Waals surface area contributed by atoms with Gasteiger partial charge in [-0.1, -0.05) is 13.3 Å². The van der Waals surface area contributed by atoms with Crippen molar-refractivity contribution in [3.05, 3.63) is 23.7 Å². The van der Waals surface area contributed by atoms with Crippen LogP contribution in [0.25, 0.3) is 0 Å². The van der Waals surface area contributed by atoms with Gasteiger partial charge in [0.2, 0.25) is 0 Å². The lowest BCUT2D eigenvalue weighted by molar-refractivity contribution is -0.341. The van der Waals surface area contributed by atoms with E-state index < -0.39 is 0 Å². The summed E-state index contributed by atoms with van der Waals surface area (Å²) in [7, 11) is 0. The lowest BCUT2D eigenvalue weighted by atomic mass is 9.41. The summed E-state index contributed by atoms with van der Waals surface area (Å²) < 4.78 is 23.7. The Labute approximate surface area is 178 Å². The van der Waals surface area contributed by atoms with E-state index in [1.807, 2.05) is 6.26 Å². The van der Waals surface area contributed by atoms with Crippen LogP contribution in [0.5, 0.6) is 0 Å². The summed E-state index contributed by atoms with van der Waals surface area (Å²) >= 11 is 0. The molecule has 0 radical (unpaired) electrons. The number of esters is 1. The summed E-state index contributed by atoms with van der Waals surface area (Å²) in [5.74, 6) is 2.66. The van der Waals surface area contributed by atoms with Crippen molar-refractivity contribution in [1.82, 2.24) is 0 Å². The summed E-state index contributed by atoms with van der Waals surface area (Å²) in [5, 5.41) is 10.5. The van der Waals surface area contributed by atoms with Gasteiger partial charge in [-0.25, -0.2) is 0 Å². The van der Waals surface area contributed by atoms with E-state index in [0.29, 0.717) is 36.9 Å². The van der Waals surface area contributed by atoms with Gasteiger partial charge in [0.1, 0.15) is 12.4 Å². The van der Waals surface area contributed by atoms with Gasteiger partial charge in [0.05, 0.1) is 26.1 Å². The molecule has 2 bridgehead atoms. The molecule has 1 unspecified atom stereocenters. The second-order valence-electron chi connectivity index (χ2n) is 10.0. The van der Waals surface area contributed by atoms with Gasteiger partial charge in [0, 0.05) is 24.2 Å². The van der Waals surface area contributed by atoms with Crippen molar-refractivity contribution in [3.8, 4) is 0 Å². The number of hydrogen-bond acceptors (Lipinski definition) is 6. The Morgan fingerprint density at radius 3 is 2.97 bits per heavy atom. The zero-order valence-corrected chi connectivity index (χ0v) is 18.1. The van der Waals surface area contributed by atoms with Crippen LogP contribution in [0.15, 0.2) is 16.7 Å². The number of furan rings is 1. The van der Waals surface area contributed by atoms with E-state index in [1.54, 1.807) is 0 Å². The molecule has 166 valence electrons. The lowest BCUT2D eigenvalue weighted by Crippen LogP contribution is -2.67. The first kappa shape index (κ1) is 20.5. The Kier molecular flexibility index (Phi) is 5.23. The zero-order chi connectivity index (χ0) is 20.9. The summed E-state index contributed by atoms with van der Waals surface area (Å²) in [5.41, 5.74) is 1.07. The first-order valence-corrected chi connectivity index (χ1v) is 11.6. The van der Waals surface area contributed by atoms with Crippen LogP contribution in [0.1, 0.15) is 63.2 Å². The third-order valence-corrected chi connectivity index (χ3v) is 8.92. The molecule has 3 fully saturated rings. The fourth-order valence-corrected chi connectivity index (χ4v) is 7.74. The maximum atomic E-state index is 11.1. The summed E-state index contributed by atoms with van der Waals surface area (Å²) in [6, 6.07) is 2.14. The van der Waals surface area contributed by atoms with Crippen LogP contribution in [0.2, 0.25) is 0 Å². The lowest BCUT2D eigenvalue weighted by Gasteiger charge is -2.67. The highest BCUT2D eigenvalue weighted by molar-refractivity contribution is 5.65. The second kappa shape index (κ2) is 7.64. The molecule has 5 rings (SSSR count). The topological polar surface area (TPSA) is 78.1 Å². The molecule has 1 aromatic heterocycles. The summed E-state index contributed by atoms with van der Waals surface area (Å²) in [6.07, 6.45) is 7.90. The van der Waals surface area contributed by atoms with Gasteiger partial charge in [-0.05, 0) is 61.0 Å². The van der Waals surface area contributed by atoms with Crippen LogP contribution >= 0.6 is 0 Å². The molecular weight excluding hydrogens is 384 g/mol. The molecule has 1 aliphatic heterocycles. The molecule has 2 saturated carbocycles. The molecule has 6 heteroatoms. The Hall–Kier alpha value is -1.37. The molecule has 1 N–H and O–H groups in total. The average molecular weight is 419 g/mol. The minimum absolute atomic E-state index is 0.128. The molecule has 4 aliphatic rings. The second-order valence-corrected chi connectivity index (χ2v) is 10.0. The van der Waals surface area contributed by atoms with Gasteiger partial charge >= 0.3 is 5.97 Å². The number of aliphatic hydroxyl groups excluding tert-OH is 1. The van der Waals surface area contributed by atoms with E-state index in [2.05, 4.69) is 13.0 Å². The predicted molar refractivity (Wildman–Crippen MR) is 109 cm³/mol. The van der Waals surface area contributed by atoms with Crippen molar-refractivity contribution in [1.29, 1.82) is 0 Å². The number of carbonyl (C=O) groups excluding carboxylic acids is 1. The number of carbonyl (C=O) groups is 1. The van der Waals surface area contributed by atoms with E-state index in [0.717, 1.165) is 37.9 Å². The van der Waals surface area contributed by atoms with E-state index >= 15 is 0 Å². The van der Waals surface area contributed by atoms with Crippen LogP contribution in [0, 0.1) is 28.6 Å². The number of aliphatic hydroxyl groups is 1. The van der Waals surface area contributed by atoms with Crippen molar-refractivity contribution in [2.75, 3.05) is 26.4 Å². The van der Waals surface area contributed by atoms with Crippen molar-refractivity contribution in [3.63, 3.8) is 0 Å². The Morgan fingerprint density at radius 2 is 2.17 bits per heavy atom. The molecule has 7 atom stereocenters. The molecule has 1 saturated heterocycles. The first-order valence-electron chi connectivity index (χ1n) is 11.6. The standard InChI is InChI=1S/C24H34O6/c1-15-17-4-5-21-23(13-25)7-3-8-24(21,19(17)12-20-18(15)6-9-28-20)22(30-14-23)29-11-10-27-16(2)26/h6,9,15,17,19,21-22,25H,3-5,7-8,10-14H2,1-2H3/t15-,17+,19+,21+,22-,23+,24?/m1/s1. The van der Waals surface area contributed by atoms with Crippen LogP contribution in [0.4, 0.5) is 0 Å². The number of ether oxygens (including phenoxy) is 3. The molecule has 3 aliphatic carbocycles. The monoisotopic (exact) mass is 418 g/mol. The third kappa shape index (κ3) is 2.90. The highest BCUT2D eigenvalue weighted by Crippen LogP contribution is 2.68. The SMILES string of the molecule is CC(=O)OCCO[C@@H]1OC[C@@]2(CO)CCCC13[C@H]2CC[C@H]1[C@@H](C)c2ccoc2C[C@@H]13. The molecule has 2 heterocycles.